The van der Waals surface area contributed by atoms with Crippen LogP contribution in [0.5, 0.6) is 0 Å². The Morgan fingerprint density at radius 2 is 2.18 bits per heavy atom. The molecule has 0 aromatic rings. The summed E-state index contributed by atoms with van der Waals surface area (Å²) in [5.41, 5.74) is 3.23. The summed E-state index contributed by atoms with van der Waals surface area (Å²) < 4.78 is 5.18. The molecule has 0 amide bonds. The Balaban J connectivity index is 2.01. The number of morpholine rings is 1. The van der Waals surface area contributed by atoms with Gasteiger partial charge in [-0.2, -0.15) is 0 Å². The lowest BCUT2D eigenvalue weighted by Gasteiger charge is -2.26. The van der Waals surface area contributed by atoms with Gasteiger partial charge in [-0.25, -0.2) is 5.01 Å². The molecule has 1 saturated heterocycles. The molecular formula is C8H14N2O. The molecule has 62 valence electrons. The van der Waals surface area contributed by atoms with Gasteiger partial charge in [-0.3, -0.25) is 5.43 Å². The van der Waals surface area contributed by atoms with E-state index in [0.717, 1.165) is 39.3 Å². The predicted octanol–water partition coefficient (Wildman–Crippen LogP) is -0.154. The molecule has 1 rings (SSSR count). The van der Waals surface area contributed by atoms with Gasteiger partial charge in [-0.1, -0.05) is 0 Å². The van der Waals surface area contributed by atoms with Gasteiger partial charge >= 0.3 is 0 Å². The summed E-state index contributed by atoms with van der Waals surface area (Å²) in [6.45, 7) is 4.44. The van der Waals surface area contributed by atoms with Crippen molar-refractivity contribution in [2.75, 3.05) is 32.8 Å². The fourth-order valence-corrected chi connectivity index (χ4v) is 1.01. The highest BCUT2D eigenvalue weighted by atomic mass is 16.5. The van der Waals surface area contributed by atoms with Gasteiger partial charge in [0, 0.05) is 26.1 Å². The van der Waals surface area contributed by atoms with Crippen molar-refractivity contribution in [2.45, 2.75) is 6.42 Å². The van der Waals surface area contributed by atoms with Gasteiger partial charge in [-0.15, -0.1) is 12.3 Å². The van der Waals surface area contributed by atoms with Crippen molar-refractivity contribution in [3.63, 3.8) is 0 Å². The Kier molecular flexibility index (Phi) is 3.99. The number of hydrazine groups is 1. The van der Waals surface area contributed by atoms with Crippen LogP contribution in [-0.2, 0) is 4.74 Å². The summed E-state index contributed by atoms with van der Waals surface area (Å²) in [5, 5.41) is 2.15. The van der Waals surface area contributed by atoms with Crippen LogP contribution in [0.4, 0.5) is 0 Å². The van der Waals surface area contributed by atoms with E-state index >= 15 is 0 Å². The Bertz CT molecular complexity index is 136. The lowest BCUT2D eigenvalue weighted by atomic mass is 10.4. The minimum absolute atomic E-state index is 0.789. The highest BCUT2D eigenvalue weighted by Crippen LogP contribution is 1.91. The lowest BCUT2D eigenvalue weighted by molar-refractivity contribution is 0.0126. The summed E-state index contributed by atoms with van der Waals surface area (Å²) in [5.74, 6) is 2.59. The van der Waals surface area contributed by atoms with E-state index in [1.807, 2.05) is 0 Å². The standard InChI is InChI=1S/C8H14N2O/c1-2-3-4-9-10-5-7-11-8-6-10/h1,9H,3-8H2. The van der Waals surface area contributed by atoms with Crippen LogP contribution in [-0.4, -0.2) is 37.9 Å². The van der Waals surface area contributed by atoms with Gasteiger partial charge in [0.05, 0.1) is 13.2 Å². The summed E-state index contributed by atoms with van der Waals surface area (Å²) >= 11 is 0. The maximum Gasteiger partial charge on any atom is 0.0608 e. The number of ether oxygens (including phenoxy) is 1. The molecule has 0 bridgehead atoms. The fraction of sp³-hybridized carbons (Fsp3) is 0.750. The summed E-state index contributed by atoms with van der Waals surface area (Å²) in [6, 6.07) is 0. The average molecular weight is 154 g/mol. The molecule has 0 aromatic heterocycles. The van der Waals surface area contributed by atoms with Crippen LogP contribution in [0.2, 0.25) is 0 Å². The van der Waals surface area contributed by atoms with E-state index < -0.39 is 0 Å². The number of rotatable bonds is 3. The van der Waals surface area contributed by atoms with Gasteiger partial charge in [0.25, 0.3) is 0 Å². The molecule has 11 heavy (non-hydrogen) atoms. The molecule has 1 heterocycles. The summed E-state index contributed by atoms with van der Waals surface area (Å²) in [4.78, 5) is 0. The van der Waals surface area contributed by atoms with E-state index in [9.17, 15) is 0 Å². The van der Waals surface area contributed by atoms with Gasteiger partial charge in [0.15, 0.2) is 0 Å². The topological polar surface area (TPSA) is 24.5 Å². The fourth-order valence-electron chi connectivity index (χ4n) is 1.01. The lowest BCUT2D eigenvalue weighted by Crippen LogP contribution is -2.45. The van der Waals surface area contributed by atoms with Gasteiger partial charge in [-0.05, 0) is 0 Å². The van der Waals surface area contributed by atoms with E-state index in [0.29, 0.717) is 0 Å². The molecule has 3 nitrogen and oxygen atoms in total. The maximum absolute atomic E-state index is 5.18. The third-order valence-electron chi connectivity index (χ3n) is 1.62. The van der Waals surface area contributed by atoms with Crippen molar-refractivity contribution in [3.05, 3.63) is 0 Å². The van der Waals surface area contributed by atoms with E-state index in [2.05, 4.69) is 16.4 Å². The number of hydrogen-bond donors (Lipinski definition) is 1. The van der Waals surface area contributed by atoms with Crippen molar-refractivity contribution in [2.24, 2.45) is 0 Å². The number of hydrogen-bond acceptors (Lipinski definition) is 3. The molecule has 0 spiro atoms. The molecule has 0 aliphatic carbocycles. The van der Waals surface area contributed by atoms with Crippen LogP contribution in [0.15, 0.2) is 0 Å². The van der Waals surface area contributed by atoms with Crippen molar-refractivity contribution in [1.29, 1.82) is 0 Å². The minimum Gasteiger partial charge on any atom is -0.379 e. The normalized spacial score (nSPS) is 19.5. The Morgan fingerprint density at radius 1 is 1.45 bits per heavy atom. The number of nitrogens with one attached hydrogen (secondary N) is 1. The molecular weight excluding hydrogens is 140 g/mol. The summed E-state index contributed by atoms with van der Waals surface area (Å²) in [7, 11) is 0. The van der Waals surface area contributed by atoms with E-state index in [1.165, 1.54) is 0 Å². The SMILES string of the molecule is C#CCCNN1CCOCC1. The van der Waals surface area contributed by atoms with E-state index in [1.54, 1.807) is 0 Å². The van der Waals surface area contributed by atoms with Crippen molar-refractivity contribution >= 4 is 0 Å². The average Bonchev–Trinajstić information content (AvgIpc) is 2.07. The molecule has 1 aliphatic heterocycles. The van der Waals surface area contributed by atoms with Crippen LogP contribution >= 0.6 is 0 Å². The molecule has 0 aromatic carbocycles. The van der Waals surface area contributed by atoms with E-state index in [-0.39, 0.29) is 0 Å². The zero-order chi connectivity index (χ0) is 7.94. The second kappa shape index (κ2) is 5.14. The van der Waals surface area contributed by atoms with Crippen LogP contribution in [0.25, 0.3) is 0 Å². The highest BCUT2D eigenvalue weighted by Gasteiger charge is 2.07. The Labute approximate surface area is 67.7 Å². The molecule has 0 radical (unpaired) electrons. The van der Waals surface area contributed by atoms with Crippen LogP contribution < -0.4 is 5.43 Å². The van der Waals surface area contributed by atoms with Crippen LogP contribution in [0.1, 0.15) is 6.42 Å². The zero-order valence-electron chi connectivity index (χ0n) is 6.68. The van der Waals surface area contributed by atoms with E-state index in [4.69, 9.17) is 11.2 Å². The predicted molar refractivity (Wildman–Crippen MR) is 43.8 cm³/mol. The van der Waals surface area contributed by atoms with Crippen LogP contribution in [0, 0.1) is 12.3 Å². The second-order valence-corrected chi connectivity index (χ2v) is 2.46. The third-order valence-corrected chi connectivity index (χ3v) is 1.62. The van der Waals surface area contributed by atoms with Crippen molar-refractivity contribution in [1.82, 2.24) is 10.4 Å². The smallest absolute Gasteiger partial charge is 0.0608 e. The number of terminal acetylenes is 1. The quantitative estimate of drug-likeness (QED) is 0.452. The largest absolute Gasteiger partial charge is 0.379 e. The molecule has 1 aliphatic rings. The molecule has 0 unspecified atom stereocenters. The first-order valence-corrected chi connectivity index (χ1v) is 3.93. The highest BCUT2D eigenvalue weighted by molar-refractivity contribution is 4.83. The van der Waals surface area contributed by atoms with Gasteiger partial charge in [0.2, 0.25) is 0 Å². The molecule has 0 atom stereocenters. The molecule has 1 fully saturated rings. The first kappa shape index (κ1) is 8.54. The molecule has 1 N–H and O–H groups in total. The Morgan fingerprint density at radius 3 is 2.82 bits per heavy atom. The van der Waals surface area contributed by atoms with Gasteiger partial charge < -0.3 is 4.74 Å². The third kappa shape index (κ3) is 3.38. The number of nitrogens with zero attached hydrogens (tertiary/aromatic N) is 1. The Hall–Kier alpha value is -0.560. The monoisotopic (exact) mass is 154 g/mol. The molecule has 3 heteroatoms. The van der Waals surface area contributed by atoms with Crippen molar-refractivity contribution < 1.29 is 4.74 Å². The van der Waals surface area contributed by atoms with Gasteiger partial charge in [0.1, 0.15) is 0 Å². The van der Waals surface area contributed by atoms with Crippen molar-refractivity contribution in [3.8, 4) is 12.3 Å². The first-order chi connectivity index (χ1) is 5.43. The zero-order valence-corrected chi connectivity index (χ0v) is 6.68. The molecule has 0 saturated carbocycles. The maximum atomic E-state index is 5.18. The first-order valence-electron chi connectivity index (χ1n) is 3.93. The second-order valence-electron chi connectivity index (χ2n) is 2.46. The summed E-state index contributed by atoms with van der Waals surface area (Å²) in [6.07, 6.45) is 5.90. The van der Waals surface area contributed by atoms with Crippen LogP contribution in [0.3, 0.4) is 0 Å². The minimum atomic E-state index is 0.789.